The van der Waals surface area contributed by atoms with Crippen molar-refractivity contribution in [3.05, 3.63) is 68.2 Å². The maximum absolute atomic E-state index is 12.9. The molecule has 0 radical (unpaired) electrons. The van der Waals surface area contributed by atoms with E-state index >= 15 is 0 Å². The molecule has 1 saturated heterocycles. The molecule has 8 heteroatoms. The first-order chi connectivity index (χ1) is 12.3. The Morgan fingerprint density at radius 1 is 0.923 bits per heavy atom. The summed E-state index contributed by atoms with van der Waals surface area (Å²) in [6.07, 6.45) is 1.27. The van der Waals surface area contributed by atoms with E-state index in [2.05, 4.69) is 5.32 Å². The predicted octanol–water partition coefficient (Wildman–Crippen LogP) is 4.62. The summed E-state index contributed by atoms with van der Waals surface area (Å²) < 4.78 is 0. The number of hydrogen-bond donors (Lipinski definition) is 1. The Balaban J connectivity index is 2.12. The average molecular weight is 410 g/mol. The van der Waals surface area contributed by atoms with Crippen molar-refractivity contribution >= 4 is 64.4 Å². The zero-order valence-electron chi connectivity index (χ0n) is 13.3. The largest absolute Gasteiger partial charge is 0.335 e. The van der Waals surface area contributed by atoms with Gasteiger partial charge in [0.15, 0.2) is 0 Å². The topological polar surface area (TPSA) is 66.5 Å². The monoisotopic (exact) mass is 408 g/mol. The zero-order chi connectivity index (χ0) is 19.0. The summed E-state index contributed by atoms with van der Waals surface area (Å²) in [7, 11) is 0. The molecular formula is C18H11Cl3N2O3. The summed E-state index contributed by atoms with van der Waals surface area (Å²) in [4.78, 5) is 38.2. The number of benzene rings is 2. The number of halogens is 3. The molecule has 0 unspecified atom stereocenters. The molecule has 1 aliphatic rings. The molecule has 1 N–H and O–H groups in total. The smallest absolute Gasteiger partial charge is 0.273 e. The van der Waals surface area contributed by atoms with E-state index in [-0.39, 0.29) is 21.3 Å². The van der Waals surface area contributed by atoms with E-state index in [0.29, 0.717) is 16.1 Å². The molecule has 0 aliphatic carbocycles. The number of anilines is 1. The van der Waals surface area contributed by atoms with Gasteiger partial charge in [0.05, 0.1) is 5.69 Å². The van der Waals surface area contributed by atoms with Crippen LogP contribution in [0.4, 0.5) is 10.5 Å². The summed E-state index contributed by atoms with van der Waals surface area (Å²) in [5, 5.41) is 3.08. The standard InChI is InChI=1S/C18H11Cl3N2O3/c1-9-12(19)4-3-7-15(9)23-17(25)11(16(24)22-18(23)26)8-10-13(20)5-2-6-14(10)21/h2-8H,1H3,(H,22,24,26)/b11-8+. The number of hydrogen-bond acceptors (Lipinski definition) is 3. The minimum absolute atomic E-state index is 0.265. The lowest BCUT2D eigenvalue weighted by molar-refractivity contribution is -0.122. The van der Waals surface area contributed by atoms with Crippen molar-refractivity contribution in [1.82, 2.24) is 5.32 Å². The maximum Gasteiger partial charge on any atom is 0.335 e. The SMILES string of the molecule is Cc1c(Cl)cccc1N1C(=O)NC(=O)/C(=C\c2c(Cl)cccc2Cl)C1=O. The molecule has 0 atom stereocenters. The van der Waals surface area contributed by atoms with Gasteiger partial charge in [0.1, 0.15) is 5.57 Å². The highest BCUT2D eigenvalue weighted by atomic mass is 35.5. The van der Waals surface area contributed by atoms with Gasteiger partial charge in [0.25, 0.3) is 11.8 Å². The highest BCUT2D eigenvalue weighted by Gasteiger charge is 2.37. The van der Waals surface area contributed by atoms with E-state index in [9.17, 15) is 14.4 Å². The highest BCUT2D eigenvalue weighted by molar-refractivity contribution is 6.42. The van der Waals surface area contributed by atoms with Gasteiger partial charge in [-0.2, -0.15) is 0 Å². The fourth-order valence-corrected chi connectivity index (χ4v) is 3.18. The lowest BCUT2D eigenvalue weighted by Gasteiger charge is -2.27. The van der Waals surface area contributed by atoms with Crippen LogP contribution in [0.15, 0.2) is 42.0 Å². The van der Waals surface area contributed by atoms with Gasteiger partial charge >= 0.3 is 6.03 Å². The van der Waals surface area contributed by atoms with Crippen molar-refractivity contribution in [2.45, 2.75) is 6.92 Å². The van der Waals surface area contributed by atoms with Crippen LogP contribution >= 0.6 is 34.8 Å². The Morgan fingerprint density at radius 2 is 1.50 bits per heavy atom. The molecule has 4 amide bonds. The molecule has 0 bridgehead atoms. The summed E-state index contributed by atoms with van der Waals surface area (Å²) in [6.45, 7) is 1.67. The van der Waals surface area contributed by atoms with Crippen molar-refractivity contribution in [2.24, 2.45) is 0 Å². The lowest BCUT2D eigenvalue weighted by atomic mass is 10.1. The number of rotatable bonds is 2. The molecular weight excluding hydrogens is 399 g/mol. The molecule has 132 valence electrons. The van der Waals surface area contributed by atoms with Crippen molar-refractivity contribution in [3.63, 3.8) is 0 Å². The van der Waals surface area contributed by atoms with Gasteiger partial charge in [-0.25, -0.2) is 9.69 Å². The predicted molar refractivity (Wildman–Crippen MR) is 102 cm³/mol. The molecule has 0 spiro atoms. The second-order valence-corrected chi connectivity index (χ2v) is 6.70. The molecule has 2 aromatic carbocycles. The van der Waals surface area contributed by atoms with Crippen LogP contribution < -0.4 is 10.2 Å². The lowest BCUT2D eigenvalue weighted by Crippen LogP contribution is -2.54. The van der Waals surface area contributed by atoms with Crippen LogP contribution in [0.2, 0.25) is 15.1 Å². The van der Waals surface area contributed by atoms with Crippen molar-refractivity contribution in [1.29, 1.82) is 0 Å². The summed E-state index contributed by atoms with van der Waals surface area (Å²) in [6, 6.07) is 8.75. The number of barbiturate groups is 1. The Kier molecular flexibility index (Phi) is 5.05. The summed E-state index contributed by atoms with van der Waals surface area (Å²) in [5.41, 5.74) is 0.858. The Labute approximate surface area is 164 Å². The first kappa shape index (κ1) is 18.5. The minimum atomic E-state index is -0.854. The van der Waals surface area contributed by atoms with Gasteiger partial charge in [-0.15, -0.1) is 0 Å². The van der Waals surface area contributed by atoms with Crippen LogP contribution in [-0.4, -0.2) is 17.8 Å². The van der Waals surface area contributed by atoms with E-state index in [1.165, 1.54) is 6.08 Å². The first-order valence-corrected chi connectivity index (χ1v) is 8.55. The van der Waals surface area contributed by atoms with Crippen LogP contribution in [0, 0.1) is 6.92 Å². The molecule has 3 rings (SSSR count). The normalized spacial score (nSPS) is 16.2. The summed E-state index contributed by atoms with van der Waals surface area (Å²) >= 11 is 18.3. The number of nitrogens with zero attached hydrogens (tertiary/aromatic N) is 1. The third-order valence-electron chi connectivity index (χ3n) is 3.87. The van der Waals surface area contributed by atoms with Crippen LogP contribution in [0.1, 0.15) is 11.1 Å². The quantitative estimate of drug-likeness (QED) is 0.581. The van der Waals surface area contributed by atoms with Crippen LogP contribution in [0.25, 0.3) is 6.08 Å². The highest BCUT2D eigenvalue weighted by Crippen LogP contribution is 2.31. The minimum Gasteiger partial charge on any atom is -0.273 e. The molecule has 1 aliphatic heterocycles. The first-order valence-electron chi connectivity index (χ1n) is 7.42. The number of carbonyl (C=O) groups is 3. The number of carbonyl (C=O) groups excluding carboxylic acids is 3. The molecule has 1 heterocycles. The van der Waals surface area contributed by atoms with Crippen LogP contribution in [-0.2, 0) is 9.59 Å². The van der Waals surface area contributed by atoms with Gasteiger partial charge in [0.2, 0.25) is 0 Å². The second-order valence-electron chi connectivity index (χ2n) is 5.48. The fourth-order valence-electron chi connectivity index (χ4n) is 2.51. The van der Waals surface area contributed by atoms with E-state index in [1.54, 1.807) is 43.3 Å². The Hall–Kier alpha value is -2.34. The van der Waals surface area contributed by atoms with E-state index in [1.807, 2.05) is 0 Å². The maximum atomic E-state index is 12.9. The van der Waals surface area contributed by atoms with Gasteiger partial charge < -0.3 is 0 Å². The van der Waals surface area contributed by atoms with Crippen LogP contribution in [0.5, 0.6) is 0 Å². The molecule has 0 saturated carbocycles. The van der Waals surface area contributed by atoms with E-state index in [4.69, 9.17) is 34.8 Å². The Bertz CT molecular complexity index is 965. The van der Waals surface area contributed by atoms with Gasteiger partial charge in [-0.3, -0.25) is 14.9 Å². The van der Waals surface area contributed by atoms with Gasteiger partial charge in [0, 0.05) is 20.6 Å². The van der Waals surface area contributed by atoms with Crippen LogP contribution in [0.3, 0.4) is 0 Å². The van der Waals surface area contributed by atoms with Crippen molar-refractivity contribution in [2.75, 3.05) is 4.90 Å². The van der Waals surface area contributed by atoms with Crippen molar-refractivity contribution < 1.29 is 14.4 Å². The zero-order valence-corrected chi connectivity index (χ0v) is 15.6. The molecule has 5 nitrogen and oxygen atoms in total. The Morgan fingerprint density at radius 3 is 2.15 bits per heavy atom. The third kappa shape index (κ3) is 3.21. The van der Waals surface area contributed by atoms with Gasteiger partial charge in [-0.1, -0.05) is 46.9 Å². The number of nitrogens with one attached hydrogen (secondary N) is 1. The molecule has 0 aromatic heterocycles. The fraction of sp³-hybridized carbons (Fsp3) is 0.0556. The van der Waals surface area contributed by atoms with E-state index in [0.717, 1.165) is 4.90 Å². The van der Waals surface area contributed by atoms with Crippen molar-refractivity contribution in [3.8, 4) is 0 Å². The molecule has 1 fully saturated rings. The van der Waals surface area contributed by atoms with Gasteiger partial charge in [-0.05, 0) is 42.8 Å². The third-order valence-corrected chi connectivity index (χ3v) is 4.94. The van der Waals surface area contributed by atoms with E-state index < -0.39 is 17.8 Å². The molecule has 2 aromatic rings. The average Bonchev–Trinajstić information content (AvgIpc) is 2.57. The number of amides is 4. The summed E-state index contributed by atoms with van der Waals surface area (Å²) in [5.74, 6) is -1.62. The second kappa shape index (κ2) is 7.11. The number of urea groups is 1. The molecule has 26 heavy (non-hydrogen) atoms. The number of imide groups is 2.